The summed E-state index contributed by atoms with van der Waals surface area (Å²) in [6, 6.07) is 79.0. The van der Waals surface area contributed by atoms with Gasteiger partial charge in [-0.15, -0.1) is 0 Å². The zero-order chi connectivity index (χ0) is 42.1. The largest absolute Gasteiger partial charge is 0.228 e. The number of benzene rings is 10. The summed E-state index contributed by atoms with van der Waals surface area (Å²) in [6.45, 7) is 4.75. The summed E-state index contributed by atoms with van der Waals surface area (Å²) < 4.78 is 0. The molecule has 11 aromatic rings. The highest BCUT2D eigenvalue weighted by atomic mass is 14.9. The van der Waals surface area contributed by atoms with Crippen LogP contribution in [0.1, 0.15) is 25.0 Å². The van der Waals surface area contributed by atoms with Crippen molar-refractivity contribution in [2.24, 2.45) is 0 Å². The first-order chi connectivity index (χ1) is 31.0. The van der Waals surface area contributed by atoms with Gasteiger partial charge in [0.05, 0.1) is 11.4 Å². The van der Waals surface area contributed by atoms with Gasteiger partial charge in [-0.25, -0.2) is 9.97 Å². The second-order valence-corrected chi connectivity index (χ2v) is 17.2. The first-order valence-electron chi connectivity index (χ1n) is 21.8. The minimum Gasteiger partial charge on any atom is -0.228 e. The molecule has 1 aliphatic carbocycles. The Labute approximate surface area is 367 Å². The molecule has 0 N–H and O–H groups in total. The van der Waals surface area contributed by atoms with Crippen molar-refractivity contribution >= 4 is 32.3 Å². The molecular weight excluding hydrogens is 761 g/mol. The minimum absolute atomic E-state index is 0.112. The van der Waals surface area contributed by atoms with Crippen LogP contribution in [0.15, 0.2) is 218 Å². The minimum atomic E-state index is -0.112. The molecule has 0 spiro atoms. The van der Waals surface area contributed by atoms with Crippen molar-refractivity contribution in [3.63, 3.8) is 0 Å². The normalized spacial score (nSPS) is 12.7. The fourth-order valence-corrected chi connectivity index (χ4v) is 10.3. The molecule has 0 aliphatic heterocycles. The molecule has 296 valence electrons. The Morgan fingerprint density at radius 1 is 0.302 bits per heavy atom. The van der Waals surface area contributed by atoms with E-state index in [1.807, 2.05) is 6.07 Å². The van der Waals surface area contributed by atoms with Crippen LogP contribution in [0, 0.1) is 0 Å². The predicted octanol–water partition coefficient (Wildman–Crippen LogP) is 16.2. The lowest BCUT2D eigenvalue weighted by atomic mass is 9.81. The van der Waals surface area contributed by atoms with Crippen LogP contribution < -0.4 is 0 Å². The van der Waals surface area contributed by atoms with Crippen molar-refractivity contribution in [1.82, 2.24) is 9.97 Å². The van der Waals surface area contributed by atoms with Crippen LogP contribution >= 0.6 is 0 Å². The topological polar surface area (TPSA) is 25.8 Å². The zero-order valence-electron chi connectivity index (χ0n) is 35.2. The molecule has 0 saturated carbocycles. The summed E-state index contributed by atoms with van der Waals surface area (Å²) >= 11 is 0. The summed E-state index contributed by atoms with van der Waals surface area (Å²) in [5.74, 6) is 0.701. The van der Waals surface area contributed by atoms with Gasteiger partial charge in [0, 0.05) is 22.1 Å². The Bertz CT molecular complexity index is 3580. The van der Waals surface area contributed by atoms with Crippen molar-refractivity contribution < 1.29 is 0 Å². The summed E-state index contributed by atoms with van der Waals surface area (Å²) in [6.07, 6.45) is 0. The van der Waals surface area contributed by atoms with Crippen molar-refractivity contribution in [3.8, 4) is 78.4 Å². The van der Waals surface area contributed by atoms with E-state index in [2.05, 4.69) is 226 Å². The molecule has 0 bridgehead atoms. The second-order valence-electron chi connectivity index (χ2n) is 17.2. The average molecular weight is 803 g/mol. The van der Waals surface area contributed by atoms with Gasteiger partial charge in [-0.3, -0.25) is 0 Å². The molecule has 1 aromatic heterocycles. The quantitative estimate of drug-likeness (QED) is 0.167. The lowest BCUT2D eigenvalue weighted by molar-refractivity contribution is 0.661. The Kier molecular flexibility index (Phi) is 8.55. The lowest BCUT2D eigenvalue weighted by Crippen LogP contribution is -2.14. The van der Waals surface area contributed by atoms with E-state index in [4.69, 9.17) is 9.97 Å². The summed E-state index contributed by atoms with van der Waals surface area (Å²) in [5.41, 5.74) is 17.5. The van der Waals surface area contributed by atoms with E-state index in [9.17, 15) is 0 Å². The van der Waals surface area contributed by atoms with Crippen LogP contribution in [0.2, 0.25) is 0 Å². The van der Waals surface area contributed by atoms with Crippen molar-refractivity contribution in [2.45, 2.75) is 19.3 Å². The highest BCUT2D eigenvalue weighted by Gasteiger charge is 2.38. The maximum absolute atomic E-state index is 5.31. The summed E-state index contributed by atoms with van der Waals surface area (Å²) in [7, 11) is 0. The Balaban J connectivity index is 1.04. The number of nitrogens with zero attached hydrogens (tertiary/aromatic N) is 2. The maximum Gasteiger partial charge on any atom is 0.160 e. The SMILES string of the molecule is CC1(C)c2cccc(-c3ccc(-c4ccc(-c5cc(-c6ccccc6-c6ccccc6)nc(-c6ccccc6)n5)c5ccccc45)c4ccccc34)c2-c2c1ccc1ccccc21. The highest BCUT2D eigenvalue weighted by molar-refractivity contribution is 6.14. The summed E-state index contributed by atoms with van der Waals surface area (Å²) in [5, 5.41) is 7.39. The predicted molar refractivity (Wildman–Crippen MR) is 265 cm³/mol. The second kappa shape index (κ2) is 14.6. The van der Waals surface area contributed by atoms with E-state index < -0.39 is 0 Å². The number of fused-ring (bicyclic) bond motifs is 7. The average Bonchev–Trinajstić information content (AvgIpc) is 3.60. The number of rotatable bonds is 6. The fraction of sp³-hybridized carbons (Fsp3) is 0.0492. The molecule has 0 unspecified atom stereocenters. The van der Waals surface area contributed by atoms with E-state index in [-0.39, 0.29) is 5.41 Å². The first-order valence-corrected chi connectivity index (χ1v) is 21.8. The van der Waals surface area contributed by atoms with Crippen LogP contribution in [0.5, 0.6) is 0 Å². The van der Waals surface area contributed by atoms with Gasteiger partial charge in [-0.05, 0) is 94.0 Å². The molecule has 0 amide bonds. The summed E-state index contributed by atoms with van der Waals surface area (Å²) in [4.78, 5) is 10.6. The van der Waals surface area contributed by atoms with Gasteiger partial charge < -0.3 is 0 Å². The van der Waals surface area contributed by atoms with Crippen LogP contribution in [0.25, 0.3) is 111 Å². The van der Waals surface area contributed by atoms with Gasteiger partial charge in [-0.2, -0.15) is 0 Å². The molecule has 10 aromatic carbocycles. The maximum atomic E-state index is 5.31. The molecule has 1 heterocycles. The fourth-order valence-electron chi connectivity index (χ4n) is 10.3. The third kappa shape index (κ3) is 5.94. The van der Waals surface area contributed by atoms with Crippen LogP contribution in [-0.2, 0) is 5.41 Å². The number of hydrogen-bond donors (Lipinski definition) is 0. The van der Waals surface area contributed by atoms with Gasteiger partial charge in [0.2, 0.25) is 0 Å². The van der Waals surface area contributed by atoms with Crippen LogP contribution in [0.4, 0.5) is 0 Å². The van der Waals surface area contributed by atoms with Gasteiger partial charge in [-0.1, -0.05) is 226 Å². The molecule has 2 heteroatoms. The Morgan fingerprint density at radius 3 is 1.41 bits per heavy atom. The highest BCUT2D eigenvalue weighted by Crippen LogP contribution is 2.55. The van der Waals surface area contributed by atoms with Gasteiger partial charge in [0.25, 0.3) is 0 Å². The van der Waals surface area contributed by atoms with Gasteiger partial charge >= 0.3 is 0 Å². The molecule has 63 heavy (non-hydrogen) atoms. The third-order valence-electron chi connectivity index (χ3n) is 13.3. The number of aromatic nitrogens is 2. The molecular formula is C61H42N2. The van der Waals surface area contributed by atoms with E-state index in [0.717, 1.165) is 44.6 Å². The monoisotopic (exact) mass is 802 g/mol. The van der Waals surface area contributed by atoms with E-state index in [1.165, 1.54) is 71.4 Å². The van der Waals surface area contributed by atoms with E-state index in [0.29, 0.717) is 5.82 Å². The molecule has 0 saturated heterocycles. The van der Waals surface area contributed by atoms with Crippen LogP contribution in [-0.4, -0.2) is 9.97 Å². The number of hydrogen-bond acceptors (Lipinski definition) is 2. The smallest absolute Gasteiger partial charge is 0.160 e. The third-order valence-corrected chi connectivity index (χ3v) is 13.3. The van der Waals surface area contributed by atoms with Crippen molar-refractivity contribution in [2.75, 3.05) is 0 Å². The molecule has 1 aliphatic rings. The molecule has 0 fully saturated rings. The lowest BCUT2D eigenvalue weighted by Gasteiger charge is -2.22. The van der Waals surface area contributed by atoms with E-state index in [1.54, 1.807) is 0 Å². The first kappa shape index (κ1) is 36.9. The molecule has 0 atom stereocenters. The Morgan fingerprint density at radius 2 is 0.762 bits per heavy atom. The molecule has 2 nitrogen and oxygen atoms in total. The van der Waals surface area contributed by atoms with Crippen LogP contribution in [0.3, 0.4) is 0 Å². The van der Waals surface area contributed by atoms with Gasteiger partial charge in [0.1, 0.15) is 0 Å². The van der Waals surface area contributed by atoms with E-state index >= 15 is 0 Å². The standard InChI is InChI=1S/C61H42N2/c1-61(2)54-31-17-30-53(59(54)58-43-24-10-9-20-40(43)32-37-55(58)61)50-34-33-48(44-25-12-13-26-45(44)50)49-35-36-52(47-28-15-14-27-46(47)49)57-38-56(62-60(63-57)41-21-7-4-8-22-41)51-29-16-11-23-42(51)39-18-5-3-6-19-39/h3-38H,1-2H3. The van der Waals surface area contributed by atoms with Crippen molar-refractivity contribution in [1.29, 1.82) is 0 Å². The van der Waals surface area contributed by atoms with Crippen molar-refractivity contribution in [3.05, 3.63) is 230 Å². The molecule has 12 rings (SSSR count). The Hall–Kier alpha value is -7.94. The van der Waals surface area contributed by atoms with Gasteiger partial charge in [0.15, 0.2) is 5.82 Å². The molecule has 0 radical (unpaired) electrons. The zero-order valence-corrected chi connectivity index (χ0v) is 35.2.